The van der Waals surface area contributed by atoms with Gasteiger partial charge in [0.05, 0.1) is 25.3 Å². The van der Waals surface area contributed by atoms with Gasteiger partial charge in [-0.1, -0.05) is 6.07 Å². The Hall–Kier alpha value is -2.69. The maximum atomic E-state index is 12.6. The standard InChI is InChI=1S/C20H23N5O3S2/c1-13-10-16(14(2)25(13)11-15-4-3-9-29-15)18(26)22-23-19(27)17-12-30-20(21-17)24-5-7-28-8-6-24/h3-4,9-10,12H,5-8,11H2,1-2H3,(H,22,26)(H,23,27). The lowest BCUT2D eigenvalue weighted by molar-refractivity contribution is 0.0844. The average molecular weight is 446 g/mol. The van der Waals surface area contributed by atoms with Crippen molar-refractivity contribution in [3.05, 3.63) is 56.5 Å². The number of carbonyl (C=O) groups is 2. The van der Waals surface area contributed by atoms with Crippen LogP contribution in [0.1, 0.15) is 37.1 Å². The lowest BCUT2D eigenvalue weighted by atomic mass is 10.2. The summed E-state index contributed by atoms with van der Waals surface area (Å²) in [5, 5.41) is 4.52. The number of carbonyl (C=O) groups excluding carboxylic acids is 2. The van der Waals surface area contributed by atoms with Gasteiger partial charge in [0.15, 0.2) is 5.13 Å². The minimum atomic E-state index is -0.438. The van der Waals surface area contributed by atoms with E-state index in [4.69, 9.17) is 4.74 Å². The lowest BCUT2D eigenvalue weighted by Crippen LogP contribution is -2.42. The van der Waals surface area contributed by atoms with Crippen LogP contribution in [-0.4, -0.2) is 47.7 Å². The number of hydrazine groups is 1. The van der Waals surface area contributed by atoms with Crippen molar-refractivity contribution < 1.29 is 14.3 Å². The average Bonchev–Trinajstić information content (AvgIpc) is 3.50. The number of aromatic nitrogens is 2. The van der Waals surface area contributed by atoms with Crippen molar-refractivity contribution in [2.24, 2.45) is 0 Å². The molecule has 0 bridgehead atoms. The monoisotopic (exact) mass is 445 g/mol. The van der Waals surface area contributed by atoms with E-state index < -0.39 is 5.91 Å². The molecule has 1 aliphatic heterocycles. The molecule has 10 heteroatoms. The van der Waals surface area contributed by atoms with Gasteiger partial charge in [-0.25, -0.2) is 4.98 Å². The summed E-state index contributed by atoms with van der Waals surface area (Å²) in [6, 6.07) is 5.92. The number of nitrogens with zero attached hydrogens (tertiary/aromatic N) is 3. The third-order valence-electron chi connectivity index (χ3n) is 5.01. The highest BCUT2D eigenvalue weighted by molar-refractivity contribution is 7.14. The zero-order valence-corrected chi connectivity index (χ0v) is 18.4. The fourth-order valence-electron chi connectivity index (χ4n) is 3.35. The number of rotatable bonds is 5. The van der Waals surface area contributed by atoms with Gasteiger partial charge < -0.3 is 14.2 Å². The van der Waals surface area contributed by atoms with Crippen molar-refractivity contribution in [1.29, 1.82) is 0 Å². The second kappa shape index (κ2) is 8.99. The Kier molecular flexibility index (Phi) is 6.16. The second-order valence-corrected chi connectivity index (χ2v) is 8.84. The number of morpholine rings is 1. The normalized spacial score (nSPS) is 14.0. The van der Waals surface area contributed by atoms with Crippen LogP contribution in [0.5, 0.6) is 0 Å². The number of anilines is 1. The zero-order valence-electron chi connectivity index (χ0n) is 16.8. The van der Waals surface area contributed by atoms with Gasteiger partial charge in [0.25, 0.3) is 11.8 Å². The first-order chi connectivity index (χ1) is 14.5. The summed E-state index contributed by atoms with van der Waals surface area (Å²) in [5.74, 6) is -0.788. The molecular formula is C20H23N5O3S2. The predicted octanol–water partition coefficient (Wildman–Crippen LogP) is 2.58. The van der Waals surface area contributed by atoms with E-state index in [1.54, 1.807) is 16.7 Å². The van der Waals surface area contributed by atoms with Gasteiger partial charge in [0, 0.05) is 34.7 Å². The Balaban J connectivity index is 1.37. The van der Waals surface area contributed by atoms with Gasteiger partial charge in [0.2, 0.25) is 0 Å². The molecule has 1 saturated heterocycles. The van der Waals surface area contributed by atoms with Gasteiger partial charge in [-0.2, -0.15) is 0 Å². The molecular weight excluding hydrogens is 422 g/mol. The van der Waals surface area contributed by atoms with Crippen molar-refractivity contribution in [1.82, 2.24) is 20.4 Å². The van der Waals surface area contributed by atoms with Crippen LogP contribution in [0, 0.1) is 13.8 Å². The first-order valence-electron chi connectivity index (χ1n) is 9.61. The number of nitrogens with one attached hydrogen (secondary N) is 2. The van der Waals surface area contributed by atoms with Crippen LogP contribution in [0.4, 0.5) is 5.13 Å². The molecule has 1 aliphatic rings. The molecule has 3 aromatic heterocycles. The number of hydrogen-bond donors (Lipinski definition) is 2. The Labute approximate surface area is 182 Å². The van der Waals surface area contributed by atoms with E-state index in [2.05, 4.69) is 31.4 Å². The van der Waals surface area contributed by atoms with Crippen molar-refractivity contribution in [3.8, 4) is 0 Å². The molecule has 2 N–H and O–H groups in total. The van der Waals surface area contributed by atoms with Gasteiger partial charge in [-0.05, 0) is 31.4 Å². The lowest BCUT2D eigenvalue weighted by Gasteiger charge is -2.25. The maximum Gasteiger partial charge on any atom is 0.289 e. The molecule has 0 saturated carbocycles. The molecule has 0 aromatic carbocycles. The minimum Gasteiger partial charge on any atom is -0.378 e. The molecule has 0 unspecified atom stereocenters. The van der Waals surface area contributed by atoms with E-state index in [0.29, 0.717) is 18.8 Å². The van der Waals surface area contributed by atoms with E-state index in [9.17, 15) is 9.59 Å². The Morgan fingerprint density at radius 2 is 1.93 bits per heavy atom. The van der Waals surface area contributed by atoms with Gasteiger partial charge >= 0.3 is 0 Å². The summed E-state index contributed by atoms with van der Waals surface area (Å²) in [6.07, 6.45) is 0. The number of hydrogen-bond acceptors (Lipinski definition) is 7. The molecule has 0 spiro atoms. The van der Waals surface area contributed by atoms with E-state index in [0.717, 1.165) is 36.2 Å². The number of thiophene rings is 1. The van der Waals surface area contributed by atoms with Crippen molar-refractivity contribution >= 4 is 39.6 Å². The van der Waals surface area contributed by atoms with Crippen LogP contribution in [0.15, 0.2) is 29.0 Å². The number of thiazole rings is 1. The van der Waals surface area contributed by atoms with Crippen LogP contribution >= 0.6 is 22.7 Å². The van der Waals surface area contributed by atoms with Crippen LogP contribution in [0.2, 0.25) is 0 Å². The Bertz CT molecular complexity index is 1040. The summed E-state index contributed by atoms with van der Waals surface area (Å²) < 4.78 is 7.43. The van der Waals surface area contributed by atoms with Crippen LogP contribution in [0.3, 0.4) is 0 Å². The van der Waals surface area contributed by atoms with Crippen molar-refractivity contribution in [3.63, 3.8) is 0 Å². The number of aryl methyl sites for hydroxylation is 1. The third kappa shape index (κ3) is 4.40. The molecule has 8 nitrogen and oxygen atoms in total. The Morgan fingerprint density at radius 3 is 2.67 bits per heavy atom. The fraction of sp³-hybridized carbons (Fsp3) is 0.350. The first kappa shape index (κ1) is 20.6. The van der Waals surface area contributed by atoms with E-state index >= 15 is 0 Å². The van der Waals surface area contributed by atoms with E-state index in [1.807, 2.05) is 31.4 Å². The second-order valence-electron chi connectivity index (χ2n) is 6.97. The highest BCUT2D eigenvalue weighted by Gasteiger charge is 2.20. The Morgan fingerprint density at radius 1 is 1.17 bits per heavy atom. The largest absolute Gasteiger partial charge is 0.378 e. The molecule has 1 fully saturated rings. The molecule has 4 heterocycles. The number of ether oxygens (including phenoxy) is 1. The van der Waals surface area contributed by atoms with Gasteiger partial charge in [0.1, 0.15) is 5.69 Å². The topological polar surface area (TPSA) is 88.5 Å². The maximum absolute atomic E-state index is 12.6. The summed E-state index contributed by atoms with van der Waals surface area (Å²) in [6.45, 7) is 7.42. The molecule has 0 aliphatic carbocycles. The third-order valence-corrected chi connectivity index (χ3v) is 6.77. The van der Waals surface area contributed by atoms with Crippen molar-refractivity contribution in [2.45, 2.75) is 20.4 Å². The first-order valence-corrected chi connectivity index (χ1v) is 11.4. The minimum absolute atomic E-state index is 0.282. The molecule has 30 heavy (non-hydrogen) atoms. The van der Waals surface area contributed by atoms with Crippen LogP contribution in [0.25, 0.3) is 0 Å². The van der Waals surface area contributed by atoms with Gasteiger partial charge in [-0.3, -0.25) is 20.4 Å². The highest BCUT2D eigenvalue weighted by Crippen LogP contribution is 2.22. The fourth-order valence-corrected chi connectivity index (χ4v) is 4.90. The van der Waals surface area contributed by atoms with Gasteiger partial charge in [-0.15, -0.1) is 22.7 Å². The summed E-state index contributed by atoms with van der Waals surface area (Å²) in [5.41, 5.74) is 7.65. The summed E-state index contributed by atoms with van der Waals surface area (Å²) in [4.78, 5) is 32.8. The molecule has 158 valence electrons. The van der Waals surface area contributed by atoms with Crippen molar-refractivity contribution in [2.75, 3.05) is 31.2 Å². The van der Waals surface area contributed by atoms with Crippen LogP contribution < -0.4 is 15.8 Å². The predicted molar refractivity (Wildman–Crippen MR) is 117 cm³/mol. The molecule has 3 aromatic rings. The summed E-state index contributed by atoms with van der Waals surface area (Å²) in [7, 11) is 0. The van der Waals surface area contributed by atoms with E-state index in [-0.39, 0.29) is 11.6 Å². The number of amides is 2. The molecule has 0 atom stereocenters. The smallest absolute Gasteiger partial charge is 0.289 e. The zero-order chi connectivity index (χ0) is 21.1. The molecule has 4 rings (SSSR count). The highest BCUT2D eigenvalue weighted by atomic mass is 32.1. The van der Waals surface area contributed by atoms with Crippen LogP contribution in [-0.2, 0) is 11.3 Å². The SMILES string of the molecule is Cc1cc(C(=O)NNC(=O)c2csc(N3CCOCC3)n2)c(C)n1Cc1cccs1. The quantitative estimate of drug-likeness (QED) is 0.590. The molecule has 0 radical (unpaired) electrons. The molecule has 2 amide bonds. The van der Waals surface area contributed by atoms with E-state index in [1.165, 1.54) is 16.2 Å². The summed E-state index contributed by atoms with van der Waals surface area (Å²) >= 11 is 3.09.